The molecule has 0 aliphatic heterocycles. The van der Waals surface area contributed by atoms with Gasteiger partial charge in [0.2, 0.25) is 0 Å². The van der Waals surface area contributed by atoms with Gasteiger partial charge in [-0.15, -0.1) is 0 Å². The molecule has 0 aromatic carbocycles. The summed E-state index contributed by atoms with van der Waals surface area (Å²) in [6.45, 7) is 2.36. The average molecular weight is 132 g/mol. The molecule has 1 heteroatoms. The highest BCUT2D eigenvalue weighted by Crippen LogP contribution is 2.21. The van der Waals surface area contributed by atoms with Crippen molar-refractivity contribution in [2.45, 2.75) is 39.0 Å². The summed E-state index contributed by atoms with van der Waals surface area (Å²) in [7, 11) is 0. The Balaban J connectivity index is 0.000000490. The lowest BCUT2D eigenvalue weighted by atomic mass is 9.91. The van der Waals surface area contributed by atoms with Gasteiger partial charge in [0.25, 0.3) is 0 Å². The first-order valence-electron chi connectivity index (χ1n) is 3.39. The van der Waals surface area contributed by atoms with Crippen molar-refractivity contribution in [2.24, 2.45) is 5.92 Å². The van der Waals surface area contributed by atoms with Crippen LogP contribution in [-0.2, 0) is 0 Å². The van der Waals surface area contributed by atoms with E-state index in [0.29, 0.717) is 0 Å². The van der Waals surface area contributed by atoms with E-state index in [1.165, 1.54) is 32.1 Å². The van der Waals surface area contributed by atoms with E-state index in [9.17, 15) is 0 Å². The summed E-state index contributed by atoms with van der Waals surface area (Å²) in [6, 6.07) is 0. The van der Waals surface area contributed by atoms with Crippen LogP contribution in [0.2, 0.25) is 0 Å². The zero-order valence-corrected chi connectivity index (χ0v) is 6.61. The summed E-state index contributed by atoms with van der Waals surface area (Å²) in [5.41, 5.74) is 0. The largest absolute Gasteiger partial charge is 0.197 e. The van der Waals surface area contributed by atoms with Crippen LogP contribution in [0.1, 0.15) is 39.0 Å². The topological polar surface area (TPSA) is 0 Å². The zero-order chi connectivity index (χ0) is 5.11. The monoisotopic (exact) mass is 132 g/mol. The van der Waals surface area contributed by atoms with Crippen molar-refractivity contribution in [1.29, 1.82) is 0 Å². The molecule has 1 rings (SSSR count). The van der Waals surface area contributed by atoms with E-state index in [-0.39, 0.29) is 13.5 Å². The molecular formula is C7H16S. The Morgan fingerprint density at radius 2 is 1.50 bits per heavy atom. The van der Waals surface area contributed by atoms with Gasteiger partial charge in [-0.25, -0.2) is 0 Å². The Morgan fingerprint density at radius 1 is 1.00 bits per heavy atom. The van der Waals surface area contributed by atoms with Crippen LogP contribution in [0.3, 0.4) is 0 Å². The lowest BCUT2D eigenvalue weighted by Crippen LogP contribution is -1.99. The van der Waals surface area contributed by atoms with Crippen LogP contribution in [0.5, 0.6) is 0 Å². The van der Waals surface area contributed by atoms with E-state index in [4.69, 9.17) is 0 Å². The predicted molar refractivity (Wildman–Crippen MR) is 42.6 cm³/mol. The molecule has 0 N–H and O–H groups in total. The summed E-state index contributed by atoms with van der Waals surface area (Å²) in [6.07, 6.45) is 7.44. The first-order valence-corrected chi connectivity index (χ1v) is 3.39. The normalized spacial score (nSPS) is 22.1. The highest BCUT2D eigenvalue weighted by molar-refractivity contribution is 7.59. The van der Waals surface area contributed by atoms with Crippen molar-refractivity contribution < 1.29 is 0 Å². The van der Waals surface area contributed by atoms with E-state index < -0.39 is 0 Å². The fraction of sp³-hybridized carbons (Fsp3) is 1.00. The Morgan fingerprint density at radius 3 is 1.75 bits per heavy atom. The molecular weight excluding hydrogens is 116 g/mol. The highest BCUT2D eigenvalue weighted by Gasteiger charge is 2.05. The van der Waals surface area contributed by atoms with Crippen LogP contribution in [0.4, 0.5) is 0 Å². The molecule has 0 atom stereocenters. The fourth-order valence-electron chi connectivity index (χ4n) is 1.31. The third-order valence-corrected chi connectivity index (χ3v) is 1.89. The van der Waals surface area contributed by atoms with Gasteiger partial charge in [0.15, 0.2) is 0 Å². The van der Waals surface area contributed by atoms with E-state index in [2.05, 4.69) is 6.92 Å². The van der Waals surface area contributed by atoms with Gasteiger partial charge in [-0.3, -0.25) is 0 Å². The SMILES string of the molecule is CC1CCCCC1.S. The molecule has 1 saturated carbocycles. The minimum absolute atomic E-state index is 0. The number of hydrogen-bond donors (Lipinski definition) is 0. The zero-order valence-electron chi connectivity index (χ0n) is 5.61. The molecule has 0 unspecified atom stereocenters. The van der Waals surface area contributed by atoms with Crippen molar-refractivity contribution in [1.82, 2.24) is 0 Å². The van der Waals surface area contributed by atoms with Crippen molar-refractivity contribution in [2.75, 3.05) is 0 Å². The van der Waals surface area contributed by atoms with Gasteiger partial charge in [-0.05, 0) is 5.92 Å². The van der Waals surface area contributed by atoms with Crippen molar-refractivity contribution in [3.8, 4) is 0 Å². The van der Waals surface area contributed by atoms with Gasteiger partial charge in [-0.2, -0.15) is 13.5 Å². The molecule has 0 bridgehead atoms. The van der Waals surface area contributed by atoms with Crippen LogP contribution in [0.15, 0.2) is 0 Å². The maximum absolute atomic E-state index is 2.36. The molecule has 1 fully saturated rings. The highest BCUT2D eigenvalue weighted by atomic mass is 32.1. The van der Waals surface area contributed by atoms with E-state index in [1.54, 1.807) is 0 Å². The smallest absolute Gasteiger partial charge is 0.0443 e. The predicted octanol–water partition coefficient (Wildman–Crippen LogP) is 2.70. The van der Waals surface area contributed by atoms with Crippen molar-refractivity contribution in [3.05, 3.63) is 0 Å². The third-order valence-electron chi connectivity index (χ3n) is 1.89. The molecule has 1 aliphatic rings. The van der Waals surface area contributed by atoms with Gasteiger partial charge >= 0.3 is 0 Å². The minimum atomic E-state index is 0. The summed E-state index contributed by atoms with van der Waals surface area (Å²) in [5.74, 6) is 1.04. The quantitative estimate of drug-likeness (QED) is 0.475. The summed E-state index contributed by atoms with van der Waals surface area (Å²) in [4.78, 5) is 0. The summed E-state index contributed by atoms with van der Waals surface area (Å²) < 4.78 is 0. The number of hydrogen-bond acceptors (Lipinski definition) is 0. The van der Waals surface area contributed by atoms with Crippen molar-refractivity contribution >= 4 is 13.5 Å². The first kappa shape index (κ1) is 8.35. The standard InChI is InChI=1S/C7H14.H2S/c1-7-5-3-2-4-6-7;/h7H,2-6H2,1H3;1H2. The van der Waals surface area contributed by atoms with E-state index in [1.807, 2.05) is 0 Å². The summed E-state index contributed by atoms with van der Waals surface area (Å²) >= 11 is 0. The van der Waals surface area contributed by atoms with Crippen LogP contribution < -0.4 is 0 Å². The Kier molecular flexibility index (Phi) is 4.44. The molecule has 0 spiro atoms. The molecule has 0 radical (unpaired) electrons. The van der Waals surface area contributed by atoms with Gasteiger partial charge in [0, 0.05) is 0 Å². The second-order valence-corrected chi connectivity index (χ2v) is 2.74. The lowest BCUT2D eigenvalue weighted by molar-refractivity contribution is 0.385. The van der Waals surface area contributed by atoms with E-state index in [0.717, 1.165) is 5.92 Å². The molecule has 50 valence electrons. The molecule has 1 aliphatic carbocycles. The Bertz CT molecular complexity index is 46.3. The molecule has 0 heterocycles. The molecule has 0 aromatic heterocycles. The molecule has 0 saturated heterocycles. The van der Waals surface area contributed by atoms with Crippen LogP contribution in [-0.4, -0.2) is 0 Å². The average Bonchev–Trinajstić information content (AvgIpc) is 1.69. The van der Waals surface area contributed by atoms with Crippen LogP contribution in [0, 0.1) is 5.92 Å². The summed E-state index contributed by atoms with van der Waals surface area (Å²) in [5, 5.41) is 0. The Hall–Kier alpha value is 0.350. The number of rotatable bonds is 0. The fourth-order valence-corrected chi connectivity index (χ4v) is 1.31. The maximum atomic E-state index is 2.36. The van der Waals surface area contributed by atoms with Gasteiger partial charge < -0.3 is 0 Å². The maximum Gasteiger partial charge on any atom is -0.0443 e. The van der Waals surface area contributed by atoms with Gasteiger partial charge in [-0.1, -0.05) is 39.0 Å². The minimum Gasteiger partial charge on any atom is -0.197 e. The van der Waals surface area contributed by atoms with Crippen LogP contribution >= 0.6 is 13.5 Å². The second-order valence-electron chi connectivity index (χ2n) is 2.74. The second kappa shape index (κ2) is 4.25. The third kappa shape index (κ3) is 2.61. The Labute approximate surface area is 59.1 Å². The lowest BCUT2D eigenvalue weighted by Gasteiger charge is -2.15. The first-order chi connectivity index (χ1) is 3.39. The molecule has 0 aromatic rings. The van der Waals surface area contributed by atoms with Crippen molar-refractivity contribution in [3.63, 3.8) is 0 Å². The molecule has 8 heavy (non-hydrogen) atoms. The van der Waals surface area contributed by atoms with Gasteiger partial charge in [0.1, 0.15) is 0 Å². The van der Waals surface area contributed by atoms with Crippen LogP contribution in [0.25, 0.3) is 0 Å². The van der Waals surface area contributed by atoms with E-state index >= 15 is 0 Å². The molecule has 0 amide bonds. The molecule has 0 nitrogen and oxygen atoms in total. The van der Waals surface area contributed by atoms with Gasteiger partial charge in [0.05, 0.1) is 0 Å².